The SMILES string of the molecule is O=C(c1ccccn1)N1CCC(c2ncc(Cc3cccc(F)c3)o2)C1. The molecule has 2 aromatic heterocycles. The molecule has 6 heteroatoms. The van der Waals surface area contributed by atoms with Crippen LogP contribution >= 0.6 is 0 Å². The number of amides is 1. The number of likely N-dealkylation sites (tertiary alicyclic amines) is 1. The van der Waals surface area contributed by atoms with Gasteiger partial charge in [0.15, 0.2) is 5.89 Å². The highest BCUT2D eigenvalue weighted by atomic mass is 19.1. The molecule has 0 spiro atoms. The van der Waals surface area contributed by atoms with Crippen molar-refractivity contribution in [1.29, 1.82) is 0 Å². The lowest BCUT2D eigenvalue weighted by Crippen LogP contribution is -2.29. The smallest absolute Gasteiger partial charge is 0.272 e. The third-order valence-electron chi connectivity index (χ3n) is 4.55. The highest BCUT2D eigenvalue weighted by Crippen LogP contribution is 2.28. The molecule has 1 unspecified atom stereocenters. The minimum atomic E-state index is -0.262. The van der Waals surface area contributed by atoms with Crippen molar-refractivity contribution in [3.05, 3.63) is 83.6 Å². The van der Waals surface area contributed by atoms with Crippen molar-refractivity contribution in [2.24, 2.45) is 0 Å². The zero-order valence-corrected chi connectivity index (χ0v) is 14.1. The second-order valence-corrected chi connectivity index (χ2v) is 6.42. The number of benzene rings is 1. The Morgan fingerprint density at radius 1 is 1.23 bits per heavy atom. The molecule has 3 heterocycles. The summed E-state index contributed by atoms with van der Waals surface area (Å²) in [5.74, 6) is 1.07. The monoisotopic (exact) mass is 351 g/mol. The summed E-state index contributed by atoms with van der Waals surface area (Å²) in [6, 6.07) is 11.8. The fraction of sp³-hybridized carbons (Fsp3) is 0.250. The Labute approximate surface area is 150 Å². The standard InChI is InChI=1S/C20H18FN3O2/c21-16-5-3-4-14(10-16)11-17-12-23-19(26-17)15-7-9-24(13-15)20(25)18-6-1-2-8-22-18/h1-6,8,10,12,15H,7,9,11,13H2. The first-order chi connectivity index (χ1) is 12.7. The van der Waals surface area contributed by atoms with Crippen molar-refractivity contribution in [3.8, 4) is 0 Å². The summed E-state index contributed by atoms with van der Waals surface area (Å²) in [5.41, 5.74) is 1.29. The number of aromatic nitrogens is 2. The van der Waals surface area contributed by atoms with Crippen LogP contribution in [0.15, 0.2) is 59.3 Å². The van der Waals surface area contributed by atoms with Crippen LogP contribution in [0.3, 0.4) is 0 Å². The van der Waals surface area contributed by atoms with E-state index in [0.717, 1.165) is 12.0 Å². The summed E-state index contributed by atoms with van der Waals surface area (Å²) in [7, 11) is 0. The highest BCUT2D eigenvalue weighted by molar-refractivity contribution is 5.92. The third kappa shape index (κ3) is 3.49. The molecule has 1 aliphatic heterocycles. The zero-order valence-electron chi connectivity index (χ0n) is 14.1. The molecule has 0 radical (unpaired) electrons. The molecule has 1 amide bonds. The summed E-state index contributed by atoms with van der Waals surface area (Å²) in [4.78, 5) is 22.7. The molecule has 5 nitrogen and oxygen atoms in total. The van der Waals surface area contributed by atoms with E-state index in [-0.39, 0.29) is 17.6 Å². The van der Waals surface area contributed by atoms with Gasteiger partial charge in [-0.25, -0.2) is 9.37 Å². The van der Waals surface area contributed by atoms with Crippen LogP contribution in [0.25, 0.3) is 0 Å². The first kappa shape index (κ1) is 16.4. The predicted molar refractivity (Wildman–Crippen MR) is 93.2 cm³/mol. The molecule has 1 fully saturated rings. The number of carbonyl (C=O) groups is 1. The average Bonchev–Trinajstić information content (AvgIpc) is 3.31. The summed E-state index contributed by atoms with van der Waals surface area (Å²) in [6.07, 6.45) is 4.60. The molecule has 0 bridgehead atoms. The van der Waals surface area contributed by atoms with Crippen LogP contribution in [0.2, 0.25) is 0 Å². The Balaban J connectivity index is 1.42. The quantitative estimate of drug-likeness (QED) is 0.723. The van der Waals surface area contributed by atoms with Gasteiger partial charge in [-0.3, -0.25) is 9.78 Å². The molecule has 1 atom stereocenters. The lowest BCUT2D eigenvalue weighted by molar-refractivity contribution is 0.0784. The molecule has 132 valence electrons. The van der Waals surface area contributed by atoms with E-state index in [2.05, 4.69) is 9.97 Å². The van der Waals surface area contributed by atoms with Crippen LogP contribution in [0.5, 0.6) is 0 Å². The van der Waals surface area contributed by atoms with Crippen molar-refractivity contribution in [1.82, 2.24) is 14.9 Å². The number of hydrogen-bond acceptors (Lipinski definition) is 4. The molecule has 0 aliphatic carbocycles. The molecular formula is C20H18FN3O2. The van der Waals surface area contributed by atoms with E-state index in [1.54, 1.807) is 41.6 Å². The second kappa shape index (κ2) is 7.07. The van der Waals surface area contributed by atoms with Gasteiger partial charge in [0, 0.05) is 25.7 Å². The third-order valence-corrected chi connectivity index (χ3v) is 4.55. The molecular weight excluding hydrogens is 333 g/mol. The molecule has 1 aliphatic rings. The van der Waals surface area contributed by atoms with Crippen LogP contribution in [-0.4, -0.2) is 33.9 Å². The van der Waals surface area contributed by atoms with E-state index in [0.29, 0.717) is 36.9 Å². The van der Waals surface area contributed by atoms with Crippen LogP contribution in [0, 0.1) is 5.82 Å². The molecule has 1 saturated heterocycles. The van der Waals surface area contributed by atoms with Gasteiger partial charge in [-0.1, -0.05) is 18.2 Å². The predicted octanol–water partition coefficient (Wildman–Crippen LogP) is 3.43. The van der Waals surface area contributed by atoms with Crippen LogP contribution < -0.4 is 0 Å². The van der Waals surface area contributed by atoms with Crippen molar-refractivity contribution >= 4 is 5.91 Å². The Morgan fingerprint density at radius 2 is 2.15 bits per heavy atom. The van der Waals surface area contributed by atoms with Gasteiger partial charge >= 0.3 is 0 Å². The van der Waals surface area contributed by atoms with E-state index < -0.39 is 0 Å². The van der Waals surface area contributed by atoms with Gasteiger partial charge in [-0.15, -0.1) is 0 Å². The average molecular weight is 351 g/mol. The number of oxazole rings is 1. The van der Waals surface area contributed by atoms with Crippen molar-refractivity contribution in [3.63, 3.8) is 0 Å². The molecule has 4 rings (SSSR count). The van der Waals surface area contributed by atoms with Crippen LogP contribution in [0.4, 0.5) is 4.39 Å². The summed E-state index contributed by atoms with van der Waals surface area (Å²) in [6.45, 7) is 1.22. The number of hydrogen-bond donors (Lipinski definition) is 0. The lowest BCUT2D eigenvalue weighted by atomic mass is 10.1. The molecule has 0 N–H and O–H groups in total. The summed E-state index contributed by atoms with van der Waals surface area (Å²) >= 11 is 0. The maximum atomic E-state index is 13.3. The van der Waals surface area contributed by atoms with E-state index in [1.165, 1.54) is 12.1 Å². The first-order valence-corrected chi connectivity index (χ1v) is 8.58. The maximum absolute atomic E-state index is 13.3. The van der Waals surface area contributed by atoms with E-state index in [9.17, 15) is 9.18 Å². The van der Waals surface area contributed by atoms with Gasteiger partial charge in [-0.05, 0) is 36.2 Å². The minimum absolute atomic E-state index is 0.0698. The Kier molecular flexibility index (Phi) is 4.48. The largest absolute Gasteiger partial charge is 0.445 e. The van der Waals surface area contributed by atoms with Gasteiger partial charge in [0.2, 0.25) is 0 Å². The number of pyridine rings is 1. The molecule has 1 aromatic carbocycles. The summed E-state index contributed by atoms with van der Waals surface area (Å²) in [5, 5.41) is 0. The van der Waals surface area contributed by atoms with Crippen molar-refractivity contribution in [2.75, 3.05) is 13.1 Å². The fourth-order valence-electron chi connectivity index (χ4n) is 3.24. The first-order valence-electron chi connectivity index (χ1n) is 8.58. The van der Waals surface area contributed by atoms with Gasteiger partial charge in [0.1, 0.15) is 17.3 Å². The molecule has 26 heavy (non-hydrogen) atoms. The number of nitrogens with zero attached hydrogens (tertiary/aromatic N) is 3. The minimum Gasteiger partial charge on any atom is -0.445 e. The Bertz CT molecular complexity index is 910. The summed E-state index contributed by atoms with van der Waals surface area (Å²) < 4.78 is 19.1. The van der Waals surface area contributed by atoms with Crippen LogP contribution in [0.1, 0.15) is 40.0 Å². The zero-order chi connectivity index (χ0) is 17.9. The Morgan fingerprint density at radius 3 is 2.96 bits per heavy atom. The van der Waals surface area contributed by atoms with Gasteiger partial charge < -0.3 is 9.32 Å². The molecule has 3 aromatic rings. The highest BCUT2D eigenvalue weighted by Gasteiger charge is 2.31. The number of halogens is 1. The van der Waals surface area contributed by atoms with Crippen molar-refractivity contribution in [2.45, 2.75) is 18.8 Å². The number of rotatable bonds is 4. The Hall–Kier alpha value is -3.02. The normalized spacial score (nSPS) is 16.8. The molecule has 0 saturated carbocycles. The van der Waals surface area contributed by atoms with E-state index in [4.69, 9.17) is 4.42 Å². The van der Waals surface area contributed by atoms with Gasteiger partial charge in [-0.2, -0.15) is 0 Å². The van der Waals surface area contributed by atoms with Gasteiger partial charge in [0.25, 0.3) is 5.91 Å². The van der Waals surface area contributed by atoms with Gasteiger partial charge in [0.05, 0.1) is 12.1 Å². The van der Waals surface area contributed by atoms with E-state index in [1.807, 2.05) is 6.07 Å². The second-order valence-electron chi connectivity index (χ2n) is 6.42. The number of carbonyl (C=O) groups excluding carboxylic acids is 1. The van der Waals surface area contributed by atoms with Crippen molar-refractivity contribution < 1.29 is 13.6 Å². The topological polar surface area (TPSA) is 59.2 Å². The van der Waals surface area contributed by atoms with E-state index >= 15 is 0 Å². The fourth-order valence-corrected chi connectivity index (χ4v) is 3.24. The maximum Gasteiger partial charge on any atom is 0.272 e. The van der Waals surface area contributed by atoms with Crippen LogP contribution in [-0.2, 0) is 6.42 Å². The lowest BCUT2D eigenvalue weighted by Gasteiger charge is -2.15.